The molecule has 0 saturated carbocycles. The Kier molecular flexibility index (Phi) is 3.79. The Labute approximate surface area is 116 Å². The number of carboxylic acids is 1. The first-order valence-electron chi connectivity index (χ1n) is 5.60. The smallest absolute Gasteiger partial charge is 0.417 e. The molecule has 0 aliphatic carbocycles. The minimum absolute atomic E-state index is 0.0334. The van der Waals surface area contributed by atoms with Crippen LogP contribution in [0.15, 0.2) is 12.3 Å². The number of carboxylic acid groups (broad SMARTS) is 1. The van der Waals surface area contributed by atoms with Gasteiger partial charge in [0.2, 0.25) is 0 Å². The number of aromatic nitrogens is 1. The number of anilines is 1. The van der Waals surface area contributed by atoms with Crippen molar-refractivity contribution < 1.29 is 28.2 Å². The number of hydrogen-bond donors (Lipinski definition) is 2. The van der Waals surface area contributed by atoms with E-state index in [-0.39, 0.29) is 23.8 Å². The van der Waals surface area contributed by atoms with Crippen molar-refractivity contribution in [2.75, 3.05) is 11.4 Å². The van der Waals surface area contributed by atoms with E-state index >= 15 is 0 Å². The third-order valence-corrected chi connectivity index (χ3v) is 3.26. The van der Waals surface area contributed by atoms with Crippen LogP contribution in [-0.4, -0.2) is 39.9 Å². The van der Waals surface area contributed by atoms with E-state index in [0.717, 1.165) is 0 Å². The molecular weight excluding hydrogens is 301 g/mol. The molecule has 0 radical (unpaired) electrons. The molecule has 0 aromatic carbocycles. The van der Waals surface area contributed by atoms with Crippen molar-refractivity contribution >= 4 is 23.4 Å². The van der Waals surface area contributed by atoms with Crippen LogP contribution >= 0.6 is 11.6 Å². The molecule has 5 nitrogen and oxygen atoms in total. The monoisotopic (exact) mass is 310 g/mol. The maximum absolute atomic E-state index is 12.5. The van der Waals surface area contributed by atoms with E-state index in [4.69, 9.17) is 16.7 Å². The molecule has 20 heavy (non-hydrogen) atoms. The zero-order valence-corrected chi connectivity index (χ0v) is 10.7. The summed E-state index contributed by atoms with van der Waals surface area (Å²) in [5.74, 6) is -1.28. The molecule has 2 heterocycles. The maximum Gasteiger partial charge on any atom is 0.417 e. The molecule has 0 spiro atoms. The maximum atomic E-state index is 12.5. The van der Waals surface area contributed by atoms with Crippen LogP contribution in [0.3, 0.4) is 0 Å². The minimum Gasteiger partial charge on any atom is -0.480 e. The van der Waals surface area contributed by atoms with Gasteiger partial charge in [0.25, 0.3) is 0 Å². The molecule has 1 aliphatic rings. The lowest BCUT2D eigenvalue weighted by Gasteiger charge is -2.23. The number of aliphatic carboxylic acids is 1. The van der Waals surface area contributed by atoms with Crippen molar-refractivity contribution in [1.29, 1.82) is 0 Å². The van der Waals surface area contributed by atoms with Crippen molar-refractivity contribution in [3.8, 4) is 0 Å². The fourth-order valence-electron chi connectivity index (χ4n) is 2.08. The fourth-order valence-corrected chi connectivity index (χ4v) is 2.35. The Hall–Kier alpha value is -1.54. The number of hydrogen-bond acceptors (Lipinski definition) is 4. The number of aliphatic hydroxyl groups excluding tert-OH is 1. The summed E-state index contributed by atoms with van der Waals surface area (Å²) in [7, 11) is 0. The molecule has 0 unspecified atom stereocenters. The standard InChI is InChI=1S/C11H10ClF3N2O3/c12-7-1-5(11(13,14)15)3-16-9(7)17-4-6(18)2-8(17)10(19)20/h1,3,6,8,18H,2,4H2,(H,19,20)/t6-,8-/m0/s1. The molecule has 1 aromatic heterocycles. The van der Waals surface area contributed by atoms with Gasteiger partial charge in [0.15, 0.2) is 0 Å². The minimum atomic E-state index is -4.58. The second kappa shape index (κ2) is 5.10. The van der Waals surface area contributed by atoms with E-state index < -0.39 is 29.9 Å². The molecule has 110 valence electrons. The first kappa shape index (κ1) is 14.9. The van der Waals surface area contributed by atoms with Crippen LogP contribution in [0, 0.1) is 0 Å². The van der Waals surface area contributed by atoms with Crippen LogP contribution in [0.5, 0.6) is 0 Å². The number of alkyl halides is 3. The number of aliphatic hydroxyl groups is 1. The van der Waals surface area contributed by atoms with Crippen LogP contribution < -0.4 is 4.90 Å². The van der Waals surface area contributed by atoms with Gasteiger partial charge in [-0.25, -0.2) is 9.78 Å². The zero-order valence-electron chi connectivity index (χ0n) is 9.93. The number of halogens is 4. The van der Waals surface area contributed by atoms with E-state index in [2.05, 4.69) is 4.98 Å². The van der Waals surface area contributed by atoms with E-state index in [1.807, 2.05) is 0 Å². The SMILES string of the molecule is O=C(O)[C@@H]1C[C@H](O)CN1c1ncc(C(F)(F)F)cc1Cl. The Morgan fingerprint density at radius 1 is 1.50 bits per heavy atom. The predicted octanol–water partition coefficient (Wildman–Crippen LogP) is 1.78. The molecule has 2 rings (SSSR count). The molecule has 1 saturated heterocycles. The normalized spacial score (nSPS) is 23.1. The van der Waals surface area contributed by atoms with Crippen molar-refractivity contribution in [2.45, 2.75) is 24.7 Å². The summed E-state index contributed by atoms with van der Waals surface area (Å²) >= 11 is 5.75. The summed E-state index contributed by atoms with van der Waals surface area (Å²) in [6.07, 6.45) is -4.92. The van der Waals surface area contributed by atoms with Crippen LogP contribution in [0.2, 0.25) is 5.02 Å². The van der Waals surface area contributed by atoms with E-state index in [0.29, 0.717) is 12.3 Å². The lowest BCUT2D eigenvalue weighted by Crippen LogP contribution is -2.36. The van der Waals surface area contributed by atoms with Gasteiger partial charge in [-0.1, -0.05) is 11.6 Å². The van der Waals surface area contributed by atoms with E-state index in [1.165, 1.54) is 4.90 Å². The van der Waals surface area contributed by atoms with Gasteiger partial charge in [-0.3, -0.25) is 0 Å². The first-order chi connectivity index (χ1) is 9.20. The number of carbonyl (C=O) groups is 1. The van der Waals surface area contributed by atoms with Gasteiger partial charge in [-0.15, -0.1) is 0 Å². The van der Waals surface area contributed by atoms with Crippen LogP contribution in [0.25, 0.3) is 0 Å². The van der Waals surface area contributed by atoms with Crippen LogP contribution in [-0.2, 0) is 11.0 Å². The number of β-amino-alcohol motifs (C(OH)–C–C–N with tert-alkyl or cyclic N) is 1. The third-order valence-electron chi connectivity index (χ3n) is 2.99. The Balaban J connectivity index is 2.36. The number of pyridine rings is 1. The Morgan fingerprint density at radius 3 is 2.65 bits per heavy atom. The highest BCUT2D eigenvalue weighted by Crippen LogP contribution is 2.35. The second-order valence-electron chi connectivity index (χ2n) is 4.42. The second-order valence-corrected chi connectivity index (χ2v) is 4.83. The molecular formula is C11H10ClF3N2O3. The molecule has 1 aliphatic heterocycles. The topological polar surface area (TPSA) is 73.7 Å². The quantitative estimate of drug-likeness (QED) is 0.871. The average molecular weight is 311 g/mol. The van der Waals surface area contributed by atoms with Gasteiger partial charge < -0.3 is 15.1 Å². The summed E-state index contributed by atoms with van der Waals surface area (Å²) in [5, 5.41) is 18.2. The van der Waals surface area contributed by atoms with E-state index in [9.17, 15) is 23.1 Å². The molecule has 1 aromatic rings. The van der Waals surface area contributed by atoms with Crippen molar-refractivity contribution in [3.63, 3.8) is 0 Å². The molecule has 2 atom stereocenters. The van der Waals surface area contributed by atoms with Gasteiger partial charge in [-0.2, -0.15) is 13.2 Å². The third kappa shape index (κ3) is 2.80. The molecule has 1 fully saturated rings. The van der Waals surface area contributed by atoms with Crippen molar-refractivity contribution in [3.05, 3.63) is 22.8 Å². The highest BCUT2D eigenvalue weighted by molar-refractivity contribution is 6.33. The fraction of sp³-hybridized carbons (Fsp3) is 0.455. The summed E-state index contributed by atoms with van der Waals surface area (Å²) in [6, 6.07) is -0.375. The summed E-state index contributed by atoms with van der Waals surface area (Å²) in [6.45, 7) is -0.0466. The average Bonchev–Trinajstić information content (AvgIpc) is 2.70. The van der Waals surface area contributed by atoms with Gasteiger partial charge in [0.1, 0.15) is 11.9 Å². The van der Waals surface area contributed by atoms with Gasteiger partial charge in [0, 0.05) is 19.2 Å². The van der Waals surface area contributed by atoms with Crippen LogP contribution in [0.1, 0.15) is 12.0 Å². The number of rotatable bonds is 2. The summed E-state index contributed by atoms with van der Waals surface area (Å²) in [5.41, 5.74) is -1.02. The van der Waals surface area contributed by atoms with Crippen molar-refractivity contribution in [2.24, 2.45) is 0 Å². The summed E-state index contributed by atoms with van der Waals surface area (Å²) in [4.78, 5) is 15.8. The van der Waals surface area contributed by atoms with Gasteiger partial charge in [0.05, 0.1) is 16.7 Å². The van der Waals surface area contributed by atoms with Crippen LogP contribution in [0.4, 0.5) is 19.0 Å². The number of nitrogens with zero attached hydrogens (tertiary/aromatic N) is 2. The molecule has 9 heteroatoms. The highest BCUT2D eigenvalue weighted by Gasteiger charge is 2.38. The van der Waals surface area contributed by atoms with Gasteiger partial charge in [-0.05, 0) is 6.07 Å². The molecule has 2 N–H and O–H groups in total. The zero-order chi connectivity index (χ0) is 15.1. The van der Waals surface area contributed by atoms with Gasteiger partial charge >= 0.3 is 12.1 Å². The molecule has 0 bridgehead atoms. The first-order valence-corrected chi connectivity index (χ1v) is 5.98. The highest BCUT2D eigenvalue weighted by atomic mass is 35.5. The Bertz CT molecular complexity index is 538. The van der Waals surface area contributed by atoms with E-state index in [1.54, 1.807) is 0 Å². The van der Waals surface area contributed by atoms with Crippen molar-refractivity contribution in [1.82, 2.24) is 4.98 Å². The lowest BCUT2D eigenvalue weighted by molar-refractivity contribution is -0.139. The largest absolute Gasteiger partial charge is 0.480 e. The molecule has 0 amide bonds. The Morgan fingerprint density at radius 2 is 2.15 bits per heavy atom. The predicted molar refractivity (Wildman–Crippen MR) is 63.6 cm³/mol. The lowest BCUT2D eigenvalue weighted by atomic mass is 10.2. The summed E-state index contributed by atoms with van der Waals surface area (Å²) < 4.78 is 37.5.